The van der Waals surface area contributed by atoms with E-state index in [1.54, 1.807) is 6.07 Å². The summed E-state index contributed by atoms with van der Waals surface area (Å²) in [5.74, 6) is 0.101. The molecule has 7 heteroatoms. The summed E-state index contributed by atoms with van der Waals surface area (Å²) < 4.78 is 43.3. The van der Waals surface area contributed by atoms with Crippen molar-refractivity contribution in [2.24, 2.45) is 0 Å². The van der Waals surface area contributed by atoms with Gasteiger partial charge in [0.2, 0.25) is 5.88 Å². The number of aromatic nitrogens is 1. The summed E-state index contributed by atoms with van der Waals surface area (Å²) in [5, 5.41) is 8.46. The highest BCUT2D eigenvalue weighted by atomic mass is 35.5. The number of rotatable bonds is 3. The largest absolute Gasteiger partial charge is 0.439 e. The molecule has 1 heterocycles. The van der Waals surface area contributed by atoms with Gasteiger partial charge < -0.3 is 9.84 Å². The zero-order valence-corrected chi connectivity index (χ0v) is 10.7. The maximum Gasteiger partial charge on any atom is 0.417 e. The number of aliphatic hydroxyl groups excluding tert-OH is 1. The van der Waals surface area contributed by atoms with Crippen LogP contribution in [0.15, 0.2) is 36.5 Å². The van der Waals surface area contributed by atoms with E-state index < -0.39 is 16.8 Å². The maximum absolute atomic E-state index is 12.7. The van der Waals surface area contributed by atoms with Gasteiger partial charge in [-0.25, -0.2) is 4.98 Å². The smallest absolute Gasteiger partial charge is 0.417 e. The second-order valence-corrected chi connectivity index (χ2v) is 4.31. The molecular formula is C13H9ClF3NO2. The van der Waals surface area contributed by atoms with E-state index >= 15 is 0 Å². The van der Waals surface area contributed by atoms with Crippen LogP contribution >= 0.6 is 11.6 Å². The fourth-order valence-electron chi connectivity index (χ4n) is 1.47. The minimum Gasteiger partial charge on any atom is -0.439 e. The van der Waals surface area contributed by atoms with Crippen molar-refractivity contribution in [3.05, 3.63) is 52.7 Å². The van der Waals surface area contributed by atoms with Crippen LogP contribution in [-0.2, 0) is 12.8 Å². The average Bonchev–Trinajstić information content (AvgIpc) is 2.40. The first-order chi connectivity index (χ1) is 9.40. The zero-order valence-electron chi connectivity index (χ0n) is 9.99. The van der Waals surface area contributed by atoms with E-state index in [4.69, 9.17) is 21.4 Å². The first-order valence-corrected chi connectivity index (χ1v) is 5.88. The first kappa shape index (κ1) is 14.6. The standard InChI is InChI=1S/C13H9ClF3NO2/c14-11-3-2-9(5-10(11)13(15,16)17)20-12-4-1-8(7-19)6-18-12/h1-6,19H,7H2. The summed E-state index contributed by atoms with van der Waals surface area (Å²) in [5.41, 5.74) is -0.395. The molecule has 0 amide bonds. The van der Waals surface area contributed by atoms with Crippen LogP contribution in [0.25, 0.3) is 0 Å². The second kappa shape index (κ2) is 5.68. The van der Waals surface area contributed by atoms with Crippen molar-refractivity contribution in [2.75, 3.05) is 0 Å². The van der Waals surface area contributed by atoms with E-state index in [0.29, 0.717) is 5.56 Å². The normalized spacial score (nSPS) is 11.4. The molecule has 0 bridgehead atoms. The summed E-state index contributed by atoms with van der Waals surface area (Å²) in [6.45, 7) is -0.174. The maximum atomic E-state index is 12.7. The number of hydrogen-bond donors (Lipinski definition) is 1. The van der Waals surface area contributed by atoms with E-state index in [0.717, 1.165) is 12.1 Å². The van der Waals surface area contributed by atoms with Crippen LogP contribution in [0.4, 0.5) is 13.2 Å². The van der Waals surface area contributed by atoms with Gasteiger partial charge in [-0.2, -0.15) is 13.2 Å². The van der Waals surface area contributed by atoms with Crippen molar-refractivity contribution >= 4 is 11.6 Å². The molecule has 0 spiro atoms. The Balaban J connectivity index is 2.25. The minimum absolute atomic E-state index is 0.0222. The molecule has 0 radical (unpaired) electrons. The van der Waals surface area contributed by atoms with Gasteiger partial charge >= 0.3 is 6.18 Å². The number of pyridine rings is 1. The summed E-state index contributed by atoms with van der Waals surface area (Å²) >= 11 is 5.50. The predicted octanol–water partition coefficient (Wildman–Crippen LogP) is 4.04. The van der Waals surface area contributed by atoms with Gasteiger partial charge in [-0.05, 0) is 29.8 Å². The lowest BCUT2D eigenvalue weighted by atomic mass is 10.2. The van der Waals surface area contributed by atoms with Gasteiger partial charge in [0.25, 0.3) is 0 Å². The Morgan fingerprint density at radius 3 is 2.50 bits per heavy atom. The molecule has 20 heavy (non-hydrogen) atoms. The van der Waals surface area contributed by atoms with Gasteiger partial charge in [-0.1, -0.05) is 11.6 Å². The molecule has 0 fully saturated rings. The van der Waals surface area contributed by atoms with Crippen molar-refractivity contribution in [2.45, 2.75) is 12.8 Å². The molecule has 1 aromatic heterocycles. The Hall–Kier alpha value is -1.79. The van der Waals surface area contributed by atoms with Crippen LogP contribution < -0.4 is 4.74 Å². The number of aliphatic hydroxyl groups is 1. The number of halogens is 4. The highest BCUT2D eigenvalue weighted by molar-refractivity contribution is 6.31. The molecule has 0 saturated heterocycles. The lowest BCUT2D eigenvalue weighted by Crippen LogP contribution is -2.06. The summed E-state index contributed by atoms with van der Waals surface area (Å²) in [6, 6.07) is 6.25. The number of ether oxygens (including phenoxy) is 1. The van der Waals surface area contributed by atoms with Crippen LogP contribution in [0.2, 0.25) is 5.02 Å². The fourth-order valence-corrected chi connectivity index (χ4v) is 1.70. The van der Waals surface area contributed by atoms with Gasteiger partial charge in [0.15, 0.2) is 0 Å². The van der Waals surface area contributed by atoms with E-state index in [1.807, 2.05) is 0 Å². The molecule has 0 atom stereocenters. The van der Waals surface area contributed by atoms with Gasteiger partial charge in [0.05, 0.1) is 17.2 Å². The molecule has 0 saturated carbocycles. The number of nitrogens with zero attached hydrogens (tertiary/aromatic N) is 1. The van der Waals surface area contributed by atoms with Crippen LogP contribution in [-0.4, -0.2) is 10.1 Å². The van der Waals surface area contributed by atoms with Gasteiger partial charge in [-0.3, -0.25) is 0 Å². The third kappa shape index (κ3) is 3.40. The third-order valence-corrected chi connectivity index (χ3v) is 2.78. The Labute approximate surface area is 117 Å². The molecular weight excluding hydrogens is 295 g/mol. The minimum atomic E-state index is -4.55. The molecule has 2 rings (SSSR count). The van der Waals surface area contributed by atoms with E-state index in [1.165, 1.54) is 18.3 Å². The second-order valence-electron chi connectivity index (χ2n) is 3.90. The van der Waals surface area contributed by atoms with E-state index in [2.05, 4.69) is 4.98 Å². The summed E-state index contributed by atoms with van der Waals surface area (Å²) in [7, 11) is 0. The third-order valence-electron chi connectivity index (χ3n) is 2.45. The van der Waals surface area contributed by atoms with Crippen molar-refractivity contribution in [1.82, 2.24) is 4.98 Å². The molecule has 2 aromatic rings. The zero-order chi connectivity index (χ0) is 14.8. The van der Waals surface area contributed by atoms with E-state index in [-0.39, 0.29) is 18.2 Å². The van der Waals surface area contributed by atoms with Crippen molar-refractivity contribution < 1.29 is 23.0 Å². The van der Waals surface area contributed by atoms with Crippen molar-refractivity contribution in [3.63, 3.8) is 0 Å². The Morgan fingerprint density at radius 2 is 1.95 bits per heavy atom. The molecule has 0 aliphatic rings. The van der Waals surface area contributed by atoms with Gasteiger partial charge in [-0.15, -0.1) is 0 Å². The number of alkyl halides is 3. The average molecular weight is 304 g/mol. The molecule has 0 unspecified atom stereocenters. The highest BCUT2D eigenvalue weighted by Gasteiger charge is 2.33. The van der Waals surface area contributed by atoms with Crippen LogP contribution in [0.3, 0.4) is 0 Å². The quantitative estimate of drug-likeness (QED) is 0.930. The SMILES string of the molecule is OCc1ccc(Oc2ccc(Cl)c(C(F)(F)F)c2)nc1. The van der Waals surface area contributed by atoms with Gasteiger partial charge in [0.1, 0.15) is 5.75 Å². The number of benzene rings is 1. The molecule has 3 nitrogen and oxygen atoms in total. The Morgan fingerprint density at radius 1 is 1.20 bits per heavy atom. The Kier molecular flexibility index (Phi) is 4.15. The summed E-state index contributed by atoms with van der Waals surface area (Å²) in [6.07, 6.45) is -3.18. The first-order valence-electron chi connectivity index (χ1n) is 5.50. The van der Waals surface area contributed by atoms with E-state index in [9.17, 15) is 13.2 Å². The van der Waals surface area contributed by atoms with Crippen LogP contribution in [0.5, 0.6) is 11.6 Å². The highest BCUT2D eigenvalue weighted by Crippen LogP contribution is 2.37. The molecule has 1 N–H and O–H groups in total. The summed E-state index contributed by atoms with van der Waals surface area (Å²) in [4.78, 5) is 3.86. The molecule has 106 valence electrons. The number of hydrogen-bond acceptors (Lipinski definition) is 3. The van der Waals surface area contributed by atoms with Crippen LogP contribution in [0.1, 0.15) is 11.1 Å². The topological polar surface area (TPSA) is 42.4 Å². The van der Waals surface area contributed by atoms with Crippen molar-refractivity contribution in [1.29, 1.82) is 0 Å². The fraction of sp³-hybridized carbons (Fsp3) is 0.154. The predicted molar refractivity (Wildman–Crippen MR) is 66.7 cm³/mol. The van der Waals surface area contributed by atoms with Crippen LogP contribution in [0, 0.1) is 0 Å². The monoisotopic (exact) mass is 303 g/mol. The van der Waals surface area contributed by atoms with Crippen molar-refractivity contribution in [3.8, 4) is 11.6 Å². The lowest BCUT2D eigenvalue weighted by Gasteiger charge is -2.11. The molecule has 0 aliphatic carbocycles. The lowest BCUT2D eigenvalue weighted by molar-refractivity contribution is -0.137. The molecule has 1 aromatic carbocycles. The Bertz CT molecular complexity index is 600. The van der Waals surface area contributed by atoms with Gasteiger partial charge in [0, 0.05) is 12.3 Å². The molecule has 0 aliphatic heterocycles.